The molecule has 0 radical (unpaired) electrons. The van der Waals surface area contributed by atoms with E-state index in [1.807, 2.05) is 0 Å². The molecule has 3 rings (SSSR count). The lowest BCUT2D eigenvalue weighted by atomic mass is 9.97. The lowest BCUT2D eigenvalue weighted by Gasteiger charge is -2.27. The van der Waals surface area contributed by atoms with Crippen molar-refractivity contribution in [2.75, 3.05) is 21.2 Å². The molecule has 1 aliphatic carbocycles. The lowest BCUT2D eigenvalue weighted by Crippen LogP contribution is -2.43. The zero-order valence-electron chi connectivity index (χ0n) is 14.1. The van der Waals surface area contributed by atoms with Crippen LogP contribution >= 0.6 is 27.5 Å². The van der Waals surface area contributed by atoms with Gasteiger partial charge in [0, 0.05) is 41.8 Å². The molecule has 1 N–H and O–H groups in total. The van der Waals surface area contributed by atoms with Crippen molar-refractivity contribution in [1.82, 2.24) is 4.90 Å². The summed E-state index contributed by atoms with van der Waals surface area (Å²) in [6.45, 7) is 1.64. The van der Waals surface area contributed by atoms with Crippen LogP contribution in [0.15, 0.2) is 28.2 Å². The smallest absolute Gasteiger partial charge is 0.341 e. The Morgan fingerprint density at radius 1 is 1.44 bits per heavy atom. The van der Waals surface area contributed by atoms with Crippen LogP contribution in [0.2, 0.25) is 5.02 Å². The quantitative estimate of drug-likeness (QED) is 0.744. The van der Waals surface area contributed by atoms with Crippen molar-refractivity contribution in [3.63, 3.8) is 0 Å². The van der Waals surface area contributed by atoms with Crippen LogP contribution in [0.25, 0.3) is 5.57 Å². The number of hydrogen-bond acceptors (Lipinski definition) is 5. The highest BCUT2D eigenvalue weighted by atomic mass is 79.9. The maximum atomic E-state index is 12.7. The highest BCUT2D eigenvalue weighted by molar-refractivity contribution is 9.10. The molecule has 0 bridgehead atoms. The van der Waals surface area contributed by atoms with Gasteiger partial charge in [0.2, 0.25) is 6.29 Å². The fraction of sp³-hybridized carbons (Fsp3) is 0.412. The first-order chi connectivity index (χ1) is 11.6. The Labute approximate surface area is 158 Å². The van der Waals surface area contributed by atoms with E-state index in [9.17, 15) is 14.7 Å². The average molecular weight is 431 g/mol. The van der Waals surface area contributed by atoms with Crippen LogP contribution in [-0.4, -0.2) is 55.0 Å². The van der Waals surface area contributed by atoms with Gasteiger partial charge in [-0.2, -0.15) is 0 Å². The predicted octanol–water partition coefficient (Wildman–Crippen LogP) is 2.22. The van der Waals surface area contributed by atoms with Crippen LogP contribution < -0.4 is 0 Å². The number of benzene rings is 1. The second kappa shape index (κ2) is 5.81. The molecule has 1 aromatic rings. The van der Waals surface area contributed by atoms with Crippen molar-refractivity contribution in [3.05, 3.63) is 38.8 Å². The molecule has 3 unspecified atom stereocenters. The second-order valence-electron chi connectivity index (χ2n) is 6.46. The third-order valence-corrected chi connectivity index (χ3v) is 5.65. The van der Waals surface area contributed by atoms with Crippen molar-refractivity contribution in [3.8, 4) is 0 Å². The van der Waals surface area contributed by atoms with Crippen LogP contribution in [0.1, 0.15) is 12.5 Å². The summed E-state index contributed by atoms with van der Waals surface area (Å²) in [4.78, 5) is 26.5. The summed E-state index contributed by atoms with van der Waals surface area (Å²) < 4.78 is 11.3. The lowest BCUT2D eigenvalue weighted by molar-refractivity contribution is -0.190. The second-order valence-corrected chi connectivity index (χ2v) is 7.78. The minimum absolute atomic E-state index is 0.103. The summed E-state index contributed by atoms with van der Waals surface area (Å²) in [5.41, 5.74) is -2.30. The third-order valence-electron chi connectivity index (χ3n) is 4.84. The molecule has 1 heterocycles. The van der Waals surface area contributed by atoms with E-state index in [1.165, 1.54) is 26.1 Å². The van der Waals surface area contributed by atoms with Crippen LogP contribution in [0.5, 0.6) is 0 Å². The van der Waals surface area contributed by atoms with E-state index in [4.69, 9.17) is 21.1 Å². The van der Waals surface area contributed by atoms with Crippen LogP contribution in [0, 0.1) is 5.41 Å². The first-order valence-corrected chi connectivity index (χ1v) is 8.66. The van der Waals surface area contributed by atoms with Gasteiger partial charge in [-0.15, -0.1) is 0 Å². The molecule has 25 heavy (non-hydrogen) atoms. The van der Waals surface area contributed by atoms with E-state index in [2.05, 4.69) is 15.9 Å². The topological polar surface area (TPSA) is 76.1 Å². The Morgan fingerprint density at radius 3 is 2.60 bits per heavy atom. The molecule has 0 spiro atoms. The molecule has 2 aliphatic rings. The average Bonchev–Trinajstić information content (AvgIpc) is 3.05. The summed E-state index contributed by atoms with van der Waals surface area (Å²) >= 11 is 9.59. The zero-order chi connectivity index (χ0) is 18.7. The fourth-order valence-electron chi connectivity index (χ4n) is 3.51. The molecule has 1 aliphatic heterocycles. The van der Waals surface area contributed by atoms with Gasteiger partial charge in [-0.1, -0.05) is 33.6 Å². The van der Waals surface area contributed by atoms with Crippen LogP contribution in [0.4, 0.5) is 0 Å². The van der Waals surface area contributed by atoms with Gasteiger partial charge in [0.1, 0.15) is 0 Å². The first-order valence-electron chi connectivity index (χ1n) is 7.49. The Bertz CT molecular complexity index is 823. The van der Waals surface area contributed by atoms with Crippen LogP contribution in [-0.2, 0) is 19.1 Å². The predicted molar refractivity (Wildman–Crippen MR) is 94.7 cm³/mol. The monoisotopic (exact) mass is 429 g/mol. The van der Waals surface area contributed by atoms with E-state index < -0.39 is 29.2 Å². The minimum atomic E-state index is -1.89. The Hall–Kier alpha value is -1.41. The Morgan fingerprint density at radius 2 is 2.08 bits per heavy atom. The van der Waals surface area contributed by atoms with Gasteiger partial charge in [-0.25, -0.2) is 4.79 Å². The summed E-state index contributed by atoms with van der Waals surface area (Å²) in [5.74, 6) is -1.23. The number of carbonyl (C=O) groups excluding carboxylic acids is 2. The Kier molecular flexibility index (Phi) is 4.27. The van der Waals surface area contributed by atoms with E-state index in [0.29, 0.717) is 10.6 Å². The molecule has 134 valence electrons. The number of fused-ring (bicyclic) bond motifs is 1. The Balaban J connectivity index is 2.28. The van der Waals surface area contributed by atoms with E-state index in [0.717, 1.165) is 4.47 Å². The van der Waals surface area contributed by atoms with Crippen molar-refractivity contribution >= 4 is 45.0 Å². The summed E-state index contributed by atoms with van der Waals surface area (Å²) in [5, 5.41) is 11.5. The van der Waals surface area contributed by atoms with Gasteiger partial charge in [-0.05, 0) is 19.1 Å². The number of carbonyl (C=O) groups is 2. The maximum Gasteiger partial charge on any atom is 0.341 e. The van der Waals surface area contributed by atoms with Crippen molar-refractivity contribution in [1.29, 1.82) is 0 Å². The molecule has 1 fully saturated rings. The number of amides is 1. The SMILES string of the molecule is COC1OC(=O)C(c2ccc(Br)cc2Cl)=C2C(O)(C(=O)N(C)C)C21C. The van der Waals surface area contributed by atoms with Crippen molar-refractivity contribution < 1.29 is 24.2 Å². The summed E-state index contributed by atoms with van der Waals surface area (Å²) in [6, 6.07) is 4.99. The highest BCUT2D eigenvalue weighted by Crippen LogP contribution is 2.69. The van der Waals surface area contributed by atoms with E-state index >= 15 is 0 Å². The molecule has 3 atom stereocenters. The number of aliphatic hydroxyl groups is 1. The molecule has 1 aromatic carbocycles. The van der Waals surface area contributed by atoms with Gasteiger partial charge >= 0.3 is 5.97 Å². The normalized spacial score (nSPS) is 30.7. The largest absolute Gasteiger partial charge is 0.431 e. The number of halogens is 2. The standard InChI is InChI=1S/C17H17BrClNO5/c1-16-12(17(16,23)14(22)20(2)3)11(13(21)25-15(16)24-4)9-6-5-8(18)7-10(9)19/h5-7,15,23H,1-4H3. The number of rotatable bonds is 3. The van der Waals surface area contributed by atoms with Gasteiger partial charge in [0.25, 0.3) is 5.91 Å². The van der Waals surface area contributed by atoms with E-state index in [1.54, 1.807) is 25.1 Å². The molecule has 0 aromatic heterocycles. The third kappa shape index (κ3) is 2.30. The van der Waals surface area contributed by atoms with Crippen molar-refractivity contribution in [2.45, 2.75) is 18.8 Å². The number of esters is 1. The number of nitrogens with zero attached hydrogens (tertiary/aromatic N) is 1. The molecule has 1 amide bonds. The summed E-state index contributed by atoms with van der Waals surface area (Å²) in [7, 11) is 4.42. The highest BCUT2D eigenvalue weighted by Gasteiger charge is 2.82. The molecule has 1 saturated carbocycles. The minimum Gasteiger partial charge on any atom is -0.431 e. The number of methoxy groups -OCH3 is 1. The van der Waals surface area contributed by atoms with Gasteiger partial charge in [0.15, 0.2) is 5.60 Å². The summed E-state index contributed by atoms with van der Waals surface area (Å²) in [6.07, 6.45) is -1.07. The number of hydrogen-bond donors (Lipinski definition) is 1. The molecule has 6 nitrogen and oxygen atoms in total. The molecular weight excluding hydrogens is 414 g/mol. The van der Waals surface area contributed by atoms with Gasteiger partial charge < -0.3 is 19.5 Å². The van der Waals surface area contributed by atoms with Gasteiger partial charge in [-0.3, -0.25) is 4.79 Å². The maximum absolute atomic E-state index is 12.7. The molecule has 0 saturated heterocycles. The van der Waals surface area contributed by atoms with Gasteiger partial charge in [0.05, 0.1) is 11.0 Å². The number of ether oxygens (including phenoxy) is 2. The van der Waals surface area contributed by atoms with Crippen LogP contribution in [0.3, 0.4) is 0 Å². The molecule has 8 heteroatoms. The molecular formula is C17H17BrClNO5. The van der Waals surface area contributed by atoms with Crippen molar-refractivity contribution in [2.24, 2.45) is 5.41 Å². The first kappa shape index (κ1) is 18.4. The zero-order valence-corrected chi connectivity index (χ0v) is 16.4. The van der Waals surface area contributed by atoms with E-state index in [-0.39, 0.29) is 11.1 Å². The fourth-order valence-corrected chi connectivity index (χ4v) is 4.28. The number of likely N-dealkylation sites (N-methyl/N-ethyl adjacent to an activating group) is 1. The number of cyclic esters (lactones) is 1.